The molecule has 4 rings (SSSR count). The molecule has 0 aliphatic carbocycles. The Morgan fingerprint density at radius 3 is 2.22 bits per heavy atom. The van der Waals surface area contributed by atoms with Crippen molar-refractivity contribution in [2.45, 2.75) is 12.6 Å². The zero-order valence-corrected chi connectivity index (χ0v) is 22.2. The van der Waals surface area contributed by atoms with Gasteiger partial charge >= 0.3 is 12.1 Å². The fourth-order valence-corrected chi connectivity index (χ4v) is 4.28. The molecule has 41 heavy (non-hydrogen) atoms. The first kappa shape index (κ1) is 29.5. The minimum atomic E-state index is -4.55. The number of aromatic hydroxyl groups is 1. The van der Waals surface area contributed by atoms with Crippen molar-refractivity contribution in [3.63, 3.8) is 0 Å². The zero-order chi connectivity index (χ0) is 29.7. The van der Waals surface area contributed by atoms with E-state index in [4.69, 9.17) is 16.3 Å². The third kappa shape index (κ3) is 7.18. The number of amides is 1. The van der Waals surface area contributed by atoms with Gasteiger partial charge in [-0.05, 0) is 70.6 Å². The lowest BCUT2D eigenvalue weighted by molar-refractivity contribution is -0.142. The van der Waals surface area contributed by atoms with Crippen molar-refractivity contribution < 1.29 is 37.0 Å². The molecule has 1 unspecified atom stereocenters. The lowest BCUT2D eigenvalue weighted by Gasteiger charge is -2.11. The number of alkyl halides is 3. The van der Waals surface area contributed by atoms with E-state index in [0.29, 0.717) is 11.1 Å². The Kier molecular flexibility index (Phi) is 8.88. The largest absolute Gasteiger partial charge is 0.507 e. The monoisotopic (exact) mass is 583 g/mol. The average molecular weight is 584 g/mol. The van der Waals surface area contributed by atoms with Gasteiger partial charge in [-0.1, -0.05) is 60.1 Å². The highest BCUT2D eigenvalue weighted by Gasteiger charge is 2.30. The average Bonchev–Trinajstić information content (AvgIpc) is 2.96. The minimum absolute atomic E-state index is 0.00962. The van der Waals surface area contributed by atoms with Crippen molar-refractivity contribution in [3.8, 4) is 28.0 Å². The highest BCUT2D eigenvalue weighted by Crippen LogP contribution is 2.33. The Hall–Kier alpha value is -4.50. The van der Waals surface area contributed by atoms with Gasteiger partial charge in [-0.3, -0.25) is 9.59 Å². The SMILES string of the molecule is COC(=O)C(C=NC(=O)c1cc(-c2cccc(C(F)(F)F)c2)ccc1O)Cc1ccc(-c2ccc(F)c(Cl)c2)cc1. The summed E-state index contributed by atoms with van der Waals surface area (Å²) in [5.41, 5.74) is 1.53. The maximum absolute atomic E-state index is 13.5. The van der Waals surface area contributed by atoms with Crippen LogP contribution in [0.15, 0.2) is 89.9 Å². The van der Waals surface area contributed by atoms with E-state index in [9.17, 15) is 32.3 Å². The molecule has 1 N–H and O–H groups in total. The van der Waals surface area contributed by atoms with Gasteiger partial charge < -0.3 is 9.84 Å². The number of hydrogen-bond acceptors (Lipinski definition) is 4. The van der Waals surface area contributed by atoms with Gasteiger partial charge in [-0.25, -0.2) is 9.38 Å². The molecule has 1 amide bonds. The first-order valence-corrected chi connectivity index (χ1v) is 12.6. The number of nitrogens with zero attached hydrogens (tertiary/aromatic N) is 1. The molecule has 1 atom stereocenters. The van der Waals surface area contributed by atoms with Crippen molar-refractivity contribution in [1.29, 1.82) is 0 Å². The van der Waals surface area contributed by atoms with Crippen LogP contribution < -0.4 is 0 Å². The van der Waals surface area contributed by atoms with Crippen molar-refractivity contribution in [2.75, 3.05) is 7.11 Å². The molecule has 10 heteroatoms. The fourth-order valence-electron chi connectivity index (χ4n) is 4.10. The first-order valence-electron chi connectivity index (χ1n) is 12.2. The van der Waals surface area contributed by atoms with E-state index in [0.717, 1.165) is 23.9 Å². The van der Waals surface area contributed by atoms with Crippen LogP contribution in [0.5, 0.6) is 5.75 Å². The Morgan fingerprint density at radius 1 is 0.927 bits per heavy atom. The topological polar surface area (TPSA) is 76.0 Å². The number of rotatable bonds is 7. The number of esters is 1. The number of carbonyl (C=O) groups excluding carboxylic acids is 2. The predicted octanol–water partition coefficient (Wildman–Crippen LogP) is 7.78. The Labute approximate surface area is 237 Å². The third-order valence-electron chi connectivity index (χ3n) is 6.29. The summed E-state index contributed by atoms with van der Waals surface area (Å²) >= 11 is 5.87. The number of benzene rings is 4. The molecule has 0 aliphatic heterocycles. The molecular weight excluding hydrogens is 562 g/mol. The lowest BCUT2D eigenvalue weighted by Crippen LogP contribution is -2.20. The molecule has 0 radical (unpaired) electrons. The van der Waals surface area contributed by atoms with Crippen molar-refractivity contribution in [3.05, 3.63) is 112 Å². The maximum atomic E-state index is 13.5. The van der Waals surface area contributed by atoms with Gasteiger partial charge in [0.2, 0.25) is 0 Å². The summed E-state index contributed by atoms with van der Waals surface area (Å²) in [6, 6.07) is 19.8. The second kappa shape index (κ2) is 12.3. The van der Waals surface area contributed by atoms with E-state index < -0.39 is 41.1 Å². The third-order valence-corrected chi connectivity index (χ3v) is 6.58. The molecule has 5 nitrogen and oxygen atoms in total. The van der Waals surface area contributed by atoms with Gasteiger partial charge in [-0.2, -0.15) is 13.2 Å². The number of halogens is 5. The van der Waals surface area contributed by atoms with Gasteiger partial charge in [0.25, 0.3) is 5.91 Å². The second-order valence-electron chi connectivity index (χ2n) is 9.05. The molecular formula is C31H22ClF4NO4. The standard InChI is InChI=1S/C31H22ClF4NO4/c1-41-30(40)23(13-18-5-7-19(8-6-18)22-9-11-27(33)26(32)16-22)17-37-29(39)25-15-21(10-12-28(25)38)20-3-2-4-24(14-20)31(34,35)36/h2-12,14-17,23,38H,13H2,1H3. The quantitative estimate of drug-likeness (QED) is 0.137. The lowest BCUT2D eigenvalue weighted by atomic mass is 9.97. The van der Waals surface area contributed by atoms with Crippen LogP contribution in [0.1, 0.15) is 21.5 Å². The molecule has 0 bridgehead atoms. The number of phenols is 1. The smallest absolute Gasteiger partial charge is 0.416 e. The summed E-state index contributed by atoms with van der Waals surface area (Å²) in [7, 11) is 1.19. The molecule has 4 aromatic rings. The van der Waals surface area contributed by atoms with Gasteiger partial charge in [0.15, 0.2) is 0 Å². The number of phenolic OH excluding ortho intramolecular Hbond substituents is 1. The number of carbonyl (C=O) groups is 2. The van der Waals surface area contributed by atoms with E-state index >= 15 is 0 Å². The van der Waals surface area contributed by atoms with Gasteiger partial charge in [-0.15, -0.1) is 0 Å². The van der Waals surface area contributed by atoms with Crippen LogP contribution in [-0.4, -0.2) is 30.3 Å². The van der Waals surface area contributed by atoms with Gasteiger partial charge in [0.05, 0.1) is 29.2 Å². The molecule has 210 valence electrons. The number of methoxy groups -OCH3 is 1. The molecule has 0 spiro atoms. The number of ether oxygens (including phenoxy) is 1. The summed E-state index contributed by atoms with van der Waals surface area (Å²) in [4.78, 5) is 29.1. The summed E-state index contributed by atoms with van der Waals surface area (Å²) in [5, 5.41) is 10.2. The molecule has 0 fully saturated rings. The van der Waals surface area contributed by atoms with E-state index in [1.165, 1.54) is 49.6 Å². The zero-order valence-electron chi connectivity index (χ0n) is 21.5. The van der Waals surface area contributed by atoms with Crippen LogP contribution in [-0.2, 0) is 22.1 Å². The summed E-state index contributed by atoms with van der Waals surface area (Å²) < 4.78 is 57.7. The van der Waals surface area contributed by atoms with Crippen LogP contribution in [0.25, 0.3) is 22.3 Å². The maximum Gasteiger partial charge on any atom is 0.416 e. The van der Waals surface area contributed by atoms with Crippen LogP contribution in [0.3, 0.4) is 0 Å². The molecule has 0 saturated carbocycles. The van der Waals surface area contributed by atoms with Crippen molar-refractivity contribution >= 4 is 29.7 Å². The second-order valence-corrected chi connectivity index (χ2v) is 9.46. The summed E-state index contributed by atoms with van der Waals surface area (Å²) in [5.74, 6) is -3.46. The normalized spacial score (nSPS) is 12.3. The molecule has 0 aliphatic rings. The summed E-state index contributed by atoms with van der Waals surface area (Å²) in [6.45, 7) is 0. The Morgan fingerprint density at radius 2 is 1.56 bits per heavy atom. The highest BCUT2D eigenvalue weighted by atomic mass is 35.5. The van der Waals surface area contributed by atoms with Crippen LogP contribution >= 0.6 is 11.6 Å². The fraction of sp³-hybridized carbons (Fsp3) is 0.129. The highest BCUT2D eigenvalue weighted by molar-refractivity contribution is 6.31. The van der Waals surface area contributed by atoms with E-state index in [2.05, 4.69) is 4.99 Å². The van der Waals surface area contributed by atoms with E-state index in [1.54, 1.807) is 30.3 Å². The van der Waals surface area contributed by atoms with E-state index in [1.807, 2.05) is 0 Å². The van der Waals surface area contributed by atoms with E-state index in [-0.39, 0.29) is 28.1 Å². The number of hydrogen-bond donors (Lipinski definition) is 1. The van der Waals surface area contributed by atoms with Crippen LogP contribution in [0.2, 0.25) is 5.02 Å². The minimum Gasteiger partial charge on any atom is -0.507 e. The molecule has 0 aromatic heterocycles. The summed E-state index contributed by atoms with van der Waals surface area (Å²) in [6.07, 6.45) is -3.31. The number of aliphatic imine (C=N–C) groups is 1. The molecule has 0 saturated heterocycles. The first-order chi connectivity index (χ1) is 19.5. The molecule has 4 aromatic carbocycles. The van der Waals surface area contributed by atoms with Crippen molar-refractivity contribution in [1.82, 2.24) is 0 Å². The Bertz CT molecular complexity index is 1620. The van der Waals surface area contributed by atoms with Gasteiger partial charge in [0, 0.05) is 6.21 Å². The van der Waals surface area contributed by atoms with Gasteiger partial charge in [0.1, 0.15) is 11.6 Å². The van der Waals surface area contributed by atoms with Crippen LogP contribution in [0, 0.1) is 11.7 Å². The van der Waals surface area contributed by atoms with Crippen molar-refractivity contribution in [2.24, 2.45) is 10.9 Å². The Balaban J connectivity index is 1.54. The molecule has 0 heterocycles. The predicted molar refractivity (Wildman–Crippen MR) is 147 cm³/mol. The van der Waals surface area contributed by atoms with Crippen LogP contribution in [0.4, 0.5) is 17.6 Å².